The van der Waals surface area contributed by atoms with Gasteiger partial charge >= 0.3 is 0 Å². The maximum Gasteiger partial charge on any atom is 0.274 e. The molecule has 2 aromatic heterocycles. The minimum Gasteiger partial charge on any atom is -0.365 e. The number of nitrogens with one attached hydrogen (secondary N) is 1. The highest BCUT2D eigenvalue weighted by Crippen LogP contribution is 2.27. The second-order valence-electron chi connectivity index (χ2n) is 6.91. The van der Waals surface area contributed by atoms with E-state index < -0.39 is 0 Å². The number of piperidine rings is 1. The summed E-state index contributed by atoms with van der Waals surface area (Å²) in [6.45, 7) is 7.77. The molecule has 1 fully saturated rings. The smallest absolute Gasteiger partial charge is 0.274 e. The Bertz CT molecular complexity index is 947. The van der Waals surface area contributed by atoms with E-state index in [1.165, 1.54) is 5.57 Å². The van der Waals surface area contributed by atoms with Gasteiger partial charge in [-0.25, -0.2) is 4.98 Å². The highest BCUT2D eigenvalue weighted by atomic mass is 79.9. The zero-order valence-corrected chi connectivity index (χ0v) is 17.3. The Morgan fingerprint density at radius 3 is 2.96 bits per heavy atom. The van der Waals surface area contributed by atoms with Crippen molar-refractivity contribution >= 4 is 27.4 Å². The van der Waals surface area contributed by atoms with Gasteiger partial charge < -0.3 is 10.2 Å². The van der Waals surface area contributed by atoms with E-state index in [-0.39, 0.29) is 11.6 Å². The third-order valence-corrected chi connectivity index (χ3v) is 5.51. The molecule has 1 aliphatic rings. The molecule has 1 aliphatic heterocycles. The average molecular weight is 429 g/mol. The number of aromatic nitrogens is 2. The summed E-state index contributed by atoms with van der Waals surface area (Å²) < 4.78 is 2.01. The van der Waals surface area contributed by atoms with Crippen LogP contribution in [0.4, 0.5) is 5.82 Å². The van der Waals surface area contributed by atoms with E-state index in [9.17, 15) is 4.79 Å². The molecule has 0 unspecified atom stereocenters. The summed E-state index contributed by atoms with van der Waals surface area (Å²) in [6.07, 6.45) is 10.8. The van der Waals surface area contributed by atoms with Gasteiger partial charge in [-0.1, -0.05) is 36.9 Å². The Morgan fingerprint density at radius 2 is 2.22 bits per heavy atom. The number of hydrogen-bond donors (Lipinski definition) is 1. The fraction of sp³-hybridized carbons (Fsp3) is 0.333. The van der Waals surface area contributed by atoms with Gasteiger partial charge in [0.15, 0.2) is 0 Å². The molecular weight excluding hydrogens is 404 g/mol. The molecule has 0 aromatic carbocycles. The molecule has 5 nitrogen and oxygen atoms in total. The molecule has 2 aromatic rings. The predicted molar refractivity (Wildman–Crippen MR) is 115 cm³/mol. The number of pyridine rings is 1. The van der Waals surface area contributed by atoms with Crippen molar-refractivity contribution in [2.24, 2.45) is 5.92 Å². The van der Waals surface area contributed by atoms with Gasteiger partial charge in [0.2, 0.25) is 0 Å². The topological polar surface area (TPSA) is 49.6 Å². The van der Waals surface area contributed by atoms with Crippen molar-refractivity contribution in [3.8, 4) is 0 Å². The first-order valence-electron chi connectivity index (χ1n) is 9.10. The normalized spacial score (nSPS) is 21.7. The van der Waals surface area contributed by atoms with Crippen molar-refractivity contribution in [3.05, 3.63) is 75.7 Å². The van der Waals surface area contributed by atoms with Crippen LogP contribution in [0.5, 0.6) is 0 Å². The molecule has 0 bridgehead atoms. The van der Waals surface area contributed by atoms with Crippen LogP contribution in [0.25, 0.3) is 5.65 Å². The lowest BCUT2D eigenvalue weighted by Gasteiger charge is -2.37. The second-order valence-corrected chi connectivity index (χ2v) is 7.70. The van der Waals surface area contributed by atoms with Crippen LogP contribution >= 0.6 is 15.9 Å². The summed E-state index contributed by atoms with van der Waals surface area (Å²) >= 11 is 3.43. The highest BCUT2D eigenvalue weighted by Gasteiger charge is 2.27. The zero-order chi connectivity index (χ0) is 19.4. The molecule has 6 heteroatoms. The number of likely N-dealkylation sites (N-methyl/N-ethyl adjacent to an activating group) is 1. The molecular formula is C21H25BrN4O. The predicted octanol–water partition coefficient (Wildman–Crippen LogP) is 3.88. The number of allylic oxidation sites excluding steroid dienone is 4. The van der Waals surface area contributed by atoms with E-state index in [2.05, 4.69) is 63.0 Å². The van der Waals surface area contributed by atoms with E-state index in [4.69, 9.17) is 0 Å². The summed E-state index contributed by atoms with van der Waals surface area (Å²) in [6, 6.07) is 5.74. The van der Waals surface area contributed by atoms with E-state index in [1.54, 1.807) is 10.6 Å². The quantitative estimate of drug-likeness (QED) is 0.734. The average Bonchev–Trinajstić information content (AvgIpc) is 2.65. The number of fused-ring (bicyclic) bond motifs is 1. The van der Waals surface area contributed by atoms with Crippen LogP contribution in [0.3, 0.4) is 0 Å². The van der Waals surface area contributed by atoms with Gasteiger partial charge in [0.25, 0.3) is 5.56 Å². The Balaban J connectivity index is 1.88. The van der Waals surface area contributed by atoms with Crippen molar-refractivity contribution in [2.75, 3.05) is 25.5 Å². The summed E-state index contributed by atoms with van der Waals surface area (Å²) in [5, 5.41) is 3.49. The number of hydrogen-bond acceptors (Lipinski definition) is 4. The molecule has 3 heterocycles. The first kappa shape index (κ1) is 19.6. The molecule has 1 saturated heterocycles. The van der Waals surface area contributed by atoms with Gasteiger partial charge in [0.05, 0.1) is 0 Å². The molecule has 2 atom stereocenters. The number of rotatable bonds is 5. The SMILES string of the molecule is C=C/C=C(\C=C/C)[C@H]1C[C@@H](Nc2nc3ccccn3c(=O)c2Br)CN(C)C1. The summed E-state index contributed by atoms with van der Waals surface area (Å²) in [7, 11) is 2.12. The van der Waals surface area contributed by atoms with Gasteiger partial charge in [0.1, 0.15) is 15.9 Å². The Labute approximate surface area is 168 Å². The van der Waals surface area contributed by atoms with Crippen LogP contribution in [-0.4, -0.2) is 40.5 Å². The van der Waals surface area contributed by atoms with Crippen molar-refractivity contribution in [2.45, 2.75) is 19.4 Å². The largest absolute Gasteiger partial charge is 0.365 e. The third-order valence-electron chi connectivity index (χ3n) is 4.79. The lowest BCUT2D eigenvalue weighted by molar-refractivity contribution is 0.218. The van der Waals surface area contributed by atoms with Crippen molar-refractivity contribution in [1.82, 2.24) is 14.3 Å². The standard InChI is InChI=1S/C21H25BrN4O/c1-4-8-15(9-5-2)16-12-17(14-25(3)13-16)23-20-19(22)21(27)26-11-7-6-10-18(26)24-20/h4-11,16-17,23H,1,12-14H2,2-3H3/b9-5-,15-8+/t16-,17+/m0/s1. The summed E-state index contributed by atoms with van der Waals surface area (Å²) in [5.74, 6) is 1.00. The molecule has 142 valence electrons. The first-order chi connectivity index (χ1) is 13.0. The Hall–Kier alpha value is -2.18. The molecule has 3 rings (SSSR count). The summed E-state index contributed by atoms with van der Waals surface area (Å²) in [4.78, 5) is 19.5. The van der Waals surface area contributed by atoms with Gasteiger partial charge in [0, 0.05) is 25.3 Å². The number of nitrogens with zero attached hydrogens (tertiary/aromatic N) is 3. The van der Waals surface area contributed by atoms with Crippen LogP contribution in [0.1, 0.15) is 13.3 Å². The molecule has 0 saturated carbocycles. The molecule has 1 N–H and O–H groups in total. The molecule has 0 radical (unpaired) electrons. The highest BCUT2D eigenvalue weighted by molar-refractivity contribution is 9.10. The summed E-state index contributed by atoms with van der Waals surface area (Å²) in [5.41, 5.74) is 1.80. The lowest BCUT2D eigenvalue weighted by Crippen LogP contribution is -2.45. The van der Waals surface area contributed by atoms with E-state index in [1.807, 2.05) is 31.2 Å². The van der Waals surface area contributed by atoms with Crippen LogP contribution < -0.4 is 10.9 Å². The fourth-order valence-corrected chi connectivity index (χ4v) is 4.07. The molecule has 0 amide bonds. The second kappa shape index (κ2) is 8.67. The third kappa shape index (κ3) is 4.39. The molecule has 0 aliphatic carbocycles. The molecule has 27 heavy (non-hydrogen) atoms. The zero-order valence-electron chi connectivity index (χ0n) is 15.7. The number of halogens is 1. The number of likely N-dealkylation sites (tertiary alicyclic amines) is 1. The molecule has 0 spiro atoms. The number of anilines is 1. The van der Waals surface area contributed by atoms with Gasteiger partial charge in [-0.05, 0) is 59.9 Å². The van der Waals surface area contributed by atoms with Crippen molar-refractivity contribution < 1.29 is 0 Å². The lowest BCUT2D eigenvalue weighted by atomic mass is 9.87. The fourth-order valence-electron chi connectivity index (χ4n) is 3.68. The van der Waals surface area contributed by atoms with Crippen molar-refractivity contribution in [1.29, 1.82) is 0 Å². The van der Waals surface area contributed by atoms with Crippen LogP contribution in [-0.2, 0) is 0 Å². The van der Waals surface area contributed by atoms with Crippen LogP contribution in [0.2, 0.25) is 0 Å². The Kier molecular flexibility index (Phi) is 6.29. The van der Waals surface area contributed by atoms with Gasteiger partial charge in [-0.2, -0.15) is 0 Å². The van der Waals surface area contributed by atoms with E-state index >= 15 is 0 Å². The Morgan fingerprint density at radius 1 is 1.41 bits per heavy atom. The maximum absolute atomic E-state index is 12.6. The van der Waals surface area contributed by atoms with Crippen LogP contribution in [0.15, 0.2) is 70.1 Å². The van der Waals surface area contributed by atoms with Gasteiger partial charge in [-0.15, -0.1) is 0 Å². The monoisotopic (exact) mass is 428 g/mol. The minimum absolute atomic E-state index is 0.107. The van der Waals surface area contributed by atoms with Crippen LogP contribution in [0, 0.1) is 5.92 Å². The first-order valence-corrected chi connectivity index (χ1v) is 9.90. The van der Waals surface area contributed by atoms with E-state index in [0.717, 1.165) is 19.5 Å². The van der Waals surface area contributed by atoms with Gasteiger partial charge in [-0.3, -0.25) is 9.20 Å². The minimum atomic E-state index is -0.107. The maximum atomic E-state index is 12.6. The van der Waals surface area contributed by atoms with E-state index in [0.29, 0.717) is 21.9 Å². The van der Waals surface area contributed by atoms with Crippen molar-refractivity contribution in [3.63, 3.8) is 0 Å².